The molecule has 3 nitrogen and oxygen atoms in total. The van der Waals surface area contributed by atoms with Crippen LogP contribution < -0.4 is 10.6 Å². The molecule has 0 aliphatic heterocycles. The molecule has 0 aliphatic carbocycles. The van der Waals surface area contributed by atoms with Gasteiger partial charge in [0.1, 0.15) is 0 Å². The lowest BCUT2D eigenvalue weighted by molar-refractivity contribution is -0.121. The van der Waals surface area contributed by atoms with E-state index >= 15 is 0 Å². The van der Waals surface area contributed by atoms with Crippen LogP contribution in [0.3, 0.4) is 0 Å². The Morgan fingerprint density at radius 1 is 0.714 bits per heavy atom. The van der Waals surface area contributed by atoms with Crippen LogP contribution in [0.5, 0.6) is 0 Å². The average molecular weight is 301 g/mol. The molecule has 0 saturated heterocycles. The van der Waals surface area contributed by atoms with E-state index in [1.807, 2.05) is 6.92 Å². The number of unbranched alkanes of at least 4 members (excludes halogenated alkanes) is 6. The van der Waals surface area contributed by atoms with Gasteiger partial charge in [-0.05, 0) is 39.3 Å². The molecular weight excluding hydrogens is 260 g/mol. The van der Waals surface area contributed by atoms with Crippen molar-refractivity contribution in [1.82, 2.24) is 10.6 Å². The zero-order valence-electron chi connectivity index (χ0n) is 15.1. The fourth-order valence-corrected chi connectivity index (χ4v) is 1.90. The molecule has 1 amide bonds. The maximum atomic E-state index is 11.0. The van der Waals surface area contributed by atoms with Gasteiger partial charge in [-0.2, -0.15) is 0 Å². The predicted molar refractivity (Wildman–Crippen MR) is 94.7 cm³/mol. The van der Waals surface area contributed by atoms with Gasteiger partial charge in [-0.15, -0.1) is 0 Å². The van der Waals surface area contributed by atoms with Gasteiger partial charge in [0.15, 0.2) is 0 Å². The Balaban J connectivity index is 0. The average Bonchev–Trinajstić information content (AvgIpc) is 2.48. The van der Waals surface area contributed by atoms with E-state index in [1.54, 1.807) is 0 Å². The summed E-state index contributed by atoms with van der Waals surface area (Å²) in [6.07, 6.45) is 12.0. The van der Waals surface area contributed by atoms with Gasteiger partial charge in [0, 0.05) is 13.0 Å². The molecule has 0 aromatic carbocycles. The van der Waals surface area contributed by atoms with E-state index in [0.717, 1.165) is 13.0 Å². The van der Waals surface area contributed by atoms with Crippen molar-refractivity contribution in [2.45, 2.75) is 91.9 Å². The Morgan fingerprint density at radius 2 is 1.24 bits per heavy atom. The first-order chi connectivity index (χ1) is 10.2. The van der Waals surface area contributed by atoms with Gasteiger partial charge >= 0.3 is 0 Å². The van der Waals surface area contributed by atoms with Gasteiger partial charge < -0.3 is 10.6 Å². The summed E-state index contributed by atoms with van der Waals surface area (Å²) >= 11 is 0. The van der Waals surface area contributed by atoms with Gasteiger partial charge in [-0.1, -0.05) is 59.3 Å². The molecule has 0 aliphatic rings. The molecule has 0 spiro atoms. The predicted octanol–water partition coefficient (Wildman–Crippen LogP) is 4.66. The summed E-state index contributed by atoms with van der Waals surface area (Å²) < 4.78 is 0. The van der Waals surface area contributed by atoms with Crippen LogP contribution in [-0.4, -0.2) is 25.5 Å². The van der Waals surface area contributed by atoms with Crippen molar-refractivity contribution in [1.29, 1.82) is 0 Å². The van der Waals surface area contributed by atoms with Gasteiger partial charge in [0.05, 0.1) is 0 Å². The second-order valence-corrected chi connectivity index (χ2v) is 5.57. The SMILES string of the molecule is CCCCCCCC(=O)NCC.CCCCNCCCC. The Kier molecular flexibility index (Phi) is 23.5. The number of rotatable bonds is 13. The molecule has 0 aromatic rings. The fraction of sp³-hybridized carbons (Fsp3) is 0.944. The fourth-order valence-electron chi connectivity index (χ4n) is 1.90. The molecule has 0 heterocycles. The molecule has 0 unspecified atom stereocenters. The van der Waals surface area contributed by atoms with Crippen molar-refractivity contribution >= 4 is 5.91 Å². The van der Waals surface area contributed by atoms with E-state index in [-0.39, 0.29) is 5.91 Å². The van der Waals surface area contributed by atoms with Gasteiger partial charge in [-0.3, -0.25) is 4.79 Å². The molecule has 2 N–H and O–H groups in total. The van der Waals surface area contributed by atoms with Gasteiger partial charge in [0.25, 0.3) is 0 Å². The van der Waals surface area contributed by atoms with Crippen LogP contribution in [0, 0.1) is 0 Å². The van der Waals surface area contributed by atoms with Gasteiger partial charge in [0.2, 0.25) is 5.91 Å². The zero-order valence-corrected chi connectivity index (χ0v) is 15.1. The van der Waals surface area contributed by atoms with Gasteiger partial charge in [-0.25, -0.2) is 0 Å². The van der Waals surface area contributed by atoms with E-state index in [9.17, 15) is 4.79 Å². The standard InChI is InChI=1S/C10H21NO.C8H19N/c1-3-5-6-7-8-9-10(12)11-4-2;1-3-5-7-9-8-6-4-2/h3-9H2,1-2H3,(H,11,12);9H,3-8H2,1-2H3. The molecule has 3 heteroatoms. The molecule has 0 fully saturated rings. The Morgan fingerprint density at radius 3 is 1.71 bits per heavy atom. The van der Waals surface area contributed by atoms with Crippen molar-refractivity contribution in [3.63, 3.8) is 0 Å². The summed E-state index contributed by atoms with van der Waals surface area (Å²) in [5.41, 5.74) is 0. The molecule has 0 rings (SSSR count). The third-order valence-corrected chi connectivity index (χ3v) is 3.30. The van der Waals surface area contributed by atoms with Crippen LogP contribution in [0.25, 0.3) is 0 Å². The van der Waals surface area contributed by atoms with Crippen LogP contribution in [-0.2, 0) is 4.79 Å². The van der Waals surface area contributed by atoms with Crippen molar-refractivity contribution in [3.05, 3.63) is 0 Å². The summed E-state index contributed by atoms with van der Waals surface area (Å²) in [5, 5.41) is 6.18. The number of hydrogen-bond acceptors (Lipinski definition) is 2. The van der Waals surface area contributed by atoms with Crippen molar-refractivity contribution in [2.24, 2.45) is 0 Å². The summed E-state index contributed by atoms with van der Waals surface area (Å²) in [6, 6.07) is 0. The molecule has 0 atom stereocenters. The maximum absolute atomic E-state index is 11.0. The minimum atomic E-state index is 0.203. The lowest BCUT2D eigenvalue weighted by atomic mass is 10.1. The van der Waals surface area contributed by atoms with Crippen molar-refractivity contribution in [3.8, 4) is 0 Å². The quantitative estimate of drug-likeness (QED) is 0.486. The second-order valence-electron chi connectivity index (χ2n) is 5.57. The normalized spacial score (nSPS) is 9.90. The lowest BCUT2D eigenvalue weighted by Gasteiger charge is -2.01. The van der Waals surface area contributed by atoms with E-state index in [2.05, 4.69) is 31.4 Å². The van der Waals surface area contributed by atoms with Crippen molar-refractivity contribution < 1.29 is 4.79 Å². The minimum Gasteiger partial charge on any atom is -0.356 e. The smallest absolute Gasteiger partial charge is 0.219 e. The largest absolute Gasteiger partial charge is 0.356 e. The minimum absolute atomic E-state index is 0.203. The molecule has 128 valence electrons. The monoisotopic (exact) mass is 300 g/mol. The Hall–Kier alpha value is -0.570. The molecule has 0 aromatic heterocycles. The number of carbonyl (C=O) groups is 1. The summed E-state index contributed by atoms with van der Waals surface area (Å²) in [4.78, 5) is 11.0. The van der Waals surface area contributed by atoms with E-state index in [1.165, 1.54) is 64.5 Å². The van der Waals surface area contributed by atoms with Crippen LogP contribution in [0.15, 0.2) is 0 Å². The number of nitrogens with one attached hydrogen (secondary N) is 2. The third-order valence-electron chi connectivity index (χ3n) is 3.30. The van der Waals surface area contributed by atoms with E-state index < -0.39 is 0 Å². The highest BCUT2D eigenvalue weighted by Gasteiger charge is 1.97. The summed E-state index contributed by atoms with van der Waals surface area (Å²) in [6.45, 7) is 11.8. The summed E-state index contributed by atoms with van der Waals surface area (Å²) in [5.74, 6) is 0.203. The van der Waals surface area contributed by atoms with Crippen molar-refractivity contribution in [2.75, 3.05) is 19.6 Å². The molecular formula is C18H40N2O. The van der Waals surface area contributed by atoms with Crippen LogP contribution in [0.1, 0.15) is 91.9 Å². The maximum Gasteiger partial charge on any atom is 0.219 e. The first-order valence-electron chi connectivity index (χ1n) is 9.20. The first-order valence-corrected chi connectivity index (χ1v) is 9.20. The molecule has 21 heavy (non-hydrogen) atoms. The first kappa shape index (κ1) is 22.7. The van der Waals surface area contributed by atoms with E-state index in [4.69, 9.17) is 0 Å². The third kappa shape index (κ3) is 24.8. The number of carbonyl (C=O) groups excluding carboxylic acids is 1. The summed E-state index contributed by atoms with van der Waals surface area (Å²) in [7, 11) is 0. The zero-order chi connectivity index (χ0) is 16.2. The van der Waals surface area contributed by atoms with E-state index in [0.29, 0.717) is 6.42 Å². The highest BCUT2D eigenvalue weighted by atomic mass is 16.1. The second kappa shape index (κ2) is 21.7. The van der Waals surface area contributed by atoms with Crippen LogP contribution in [0.2, 0.25) is 0 Å². The highest BCUT2D eigenvalue weighted by Crippen LogP contribution is 2.04. The van der Waals surface area contributed by atoms with Crippen LogP contribution >= 0.6 is 0 Å². The number of hydrogen-bond donors (Lipinski definition) is 2. The van der Waals surface area contributed by atoms with Crippen LogP contribution in [0.4, 0.5) is 0 Å². The molecule has 0 bridgehead atoms. The lowest BCUT2D eigenvalue weighted by Crippen LogP contribution is -2.21. The molecule has 0 saturated carbocycles. The number of amides is 1. The molecule has 0 radical (unpaired) electrons. The Labute approximate surface area is 133 Å². The topological polar surface area (TPSA) is 41.1 Å². The highest BCUT2D eigenvalue weighted by molar-refractivity contribution is 5.75. The Bertz CT molecular complexity index is 190.